The topological polar surface area (TPSA) is 98.6 Å². The Morgan fingerprint density at radius 2 is 1.73 bits per heavy atom. The second kappa shape index (κ2) is 12.3. The summed E-state index contributed by atoms with van der Waals surface area (Å²) in [6, 6.07) is 8.82. The average Bonchev–Trinajstić information content (AvgIpc) is 3.49. The Kier molecular flexibility index (Phi) is 8.71. The number of likely N-dealkylation sites (tertiary alicyclic amines) is 1. The predicted molar refractivity (Wildman–Crippen MR) is 157 cm³/mol. The molecule has 0 radical (unpaired) electrons. The third kappa shape index (κ3) is 6.44. The van der Waals surface area contributed by atoms with Gasteiger partial charge >= 0.3 is 6.09 Å². The molecule has 12 heteroatoms. The third-order valence-corrected chi connectivity index (χ3v) is 8.10. The zero-order valence-electron chi connectivity index (χ0n) is 25.2. The van der Waals surface area contributed by atoms with Gasteiger partial charge in [-0.15, -0.1) is 5.10 Å². The number of halogens is 3. The largest absolute Gasteiger partial charge is 0.494 e. The molecule has 1 fully saturated rings. The highest BCUT2D eigenvalue weighted by molar-refractivity contribution is 5.85. The van der Waals surface area contributed by atoms with Gasteiger partial charge in [0.1, 0.15) is 22.7 Å². The standard InChI is InChI=1S/C32H36F3N5O4/c1-31(2,3)44-30(42)39-17-15-32(16-18-39,40-19-25(37-38-40)24-13-14-26(43-4)28(35)27(24)34)29(41)36-23-11-7-21(8-12-23)20-5-9-22(33)10-6-20/h5-7,9-10,13-14,19,23H,8,11-12,15-18H2,1-4H3,(H,36,41). The van der Waals surface area contributed by atoms with E-state index in [2.05, 4.69) is 15.6 Å². The van der Waals surface area contributed by atoms with Gasteiger partial charge in [0.15, 0.2) is 11.6 Å². The SMILES string of the molecule is COc1ccc(-c2cn(C3(C(=O)NC4CC=C(c5ccc(F)cc5)CC4)CCN(C(=O)OC(C)(C)C)CC3)nn2)c(F)c1F. The Morgan fingerprint density at radius 3 is 2.34 bits per heavy atom. The molecule has 1 unspecified atom stereocenters. The zero-order chi connectivity index (χ0) is 31.6. The summed E-state index contributed by atoms with van der Waals surface area (Å²) in [5, 5.41) is 11.5. The van der Waals surface area contributed by atoms with Gasteiger partial charge in [-0.05, 0) is 88.3 Å². The van der Waals surface area contributed by atoms with E-state index in [0.717, 1.165) is 11.1 Å². The fraction of sp³-hybridized carbons (Fsp3) is 0.438. The van der Waals surface area contributed by atoms with Gasteiger partial charge in [-0.1, -0.05) is 23.4 Å². The predicted octanol–water partition coefficient (Wildman–Crippen LogP) is 5.85. The highest BCUT2D eigenvalue weighted by Gasteiger charge is 2.46. The van der Waals surface area contributed by atoms with E-state index in [1.54, 1.807) is 37.8 Å². The molecule has 1 saturated heterocycles. The van der Waals surface area contributed by atoms with Crippen molar-refractivity contribution in [3.05, 3.63) is 71.7 Å². The number of hydrogen-bond acceptors (Lipinski definition) is 6. The highest BCUT2D eigenvalue weighted by atomic mass is 19.2. The molecule has 1 N–H and O–H groups in total. The van der Waals surface area contributed by atoms with E-state index < -0.39 is 28.9 Å². The molecule has 234 valence electrons. The van der Waals surface area contributed by atoms with Crippen LogP contribution in [0.25, 0.3) is 16.8 Å². The Bertz CT molecular complexity index is 1560. The van der Waals surface area contributed by atoms with E-state index >= 15 is 0 Å². The van der Waals surface area contributed by atoms with Gasteiger partial charge in [0.25, 0.3) is 0 Å². The lowest BCUT2D eigenvalue weighted by atomic mass is 9.85. The fourth-order valence-corrected chi connectivity index (χ4v) is 5.64. The molecule has 1 aliphatic carbocycles. The minimum Gasteiger partial charge on any atom is -0.494 e. The van der Waals surface area contributed by atoms with Crippen molar-refractivity contribution >= 4 is 17.6 Å². The van der Waals surface area contributed by atoms with Crippen molar-refractivity contribution in [2.45, 2.75) is 70.1 Å². The van der Waals surface area contributed by atoms with E-state index in [9.17, 15) is 22.8 Å². The molecule has 3 aromatic rings. The summed E-state index contributed by atoms with van der Waals surface area (Å²) in [5.41, 5.74) is 0.0389. The molecule has 0 saturated carbocycles. The molecule has 2 aliphatic rings. The molecule has 2 heterocycles. The minimum absolute atomic E-state index is 0.0512. The number of nitrogens with zero attached hydrogens (tertiary/aromatic N) is 4. The van der Waals surface area contributed by atoms with Gasteiger partial charge in [0.05, 0.1) is 13.3 Å². The Balaban J connectivity index is 1.39. The maximum absolute atomic E-state index is 14.9. The number of carbonyl (C=O) groups is 2. The lowest BCUT2D eigenvalue weighted by molar-refractivity contribution is -0.134. The number of methoxy groups -OCH3 is 1. The summed E-state index contributed by atoms with van der Waals surface area (Å²) in [6.07, 6.45) is 5.35. The number of rotatable bonds is 6. The average molecular weight is 612 g/mol. The van der Waals surface area contributed by atoms with E-state index in [1.165, 1.54) is 42.3 Å². The molecular formula is C32H36F3N5O4. The molecule has 1 aliphatic heterocycles. The highest BCUT2D eigenvalue weighted by Crippen LogP contribution is 2.35. The van der Waals surface area contributed by atoms with Crippen LogP contribution in [-0.4, -0.2) is 63.7 Å². The first kappa shape index (κ1) is 31.1. The van der Waals surface area contributed by atoms with Crippen LogP contribution in [-0.2, 0) is 15.1 Å². The minimum atomic E-state index is -1.24. The quantitative estimate of drug-likeness (QED) is 0.376. The van der Waals surface area contributed by atoms with E-state index in [-0.39, 0.29) is 60.7 Å². The van der Waals surface area contributed by atoms with Crippen molar-refractivity contribution in [2.24, 2.45) is 0 Å². The molecule has 5 rings (SSSR count). The Morgan fingerprint density at radius 1 is 1.02 bits per heavy atom. The van der Waals surface area contributed by atoms with Gasteiger partial charge in [-0.2, -0.15) is 4.39 Å². The third-order valence-electron chi connectivity index (χ3n) is 8.10. The number of carbonyl (C=O) groups excluding carboxylic acids is 2. The Hall–Kier alpha value is -4.35. The van der Waals surface area contributed by atoms with Crippen LogP contribution in [0.4, 0.5) is 18.0 Å². The van der Waals surface area contributed by atoms with Crippen LogP contribution in [0, 0.1) is 17.5 Å². The van der Waals surface area contributed by atoms with E-state index in [0.29, 0.717) is 19.3 Å². The van der Waals surface area contributed by atoms with Crippen LogP contribution in [0.3, 0.4) is 0 Å². The van der Waals surface area contributed by atoms with Crippen LogP contribution in [0.15, 0.2) is 48.7 Å². The first-order valence-corrected chi connectivity index (χ1v) is 14.6. The number of benzene rings is 2. The van der Waals surface area contributed by atoms with Gasteiger partial charge in [-0.3, -0.25) is 4.79 Å². The molecule has 1 atom stereocenters. The van der Waals surface area contributed by atoms with Crippen molar-refractivity contribution in [3.8, 4) is 17.0 Å². The smallest absolute Gasteiger partial charge is 0.410 e. The maximum atomic E-state index is 14.9. The zero-order valence-corrected chi connectivity index (χ0v) is 25.2. The summed E-state index contributed by atoms with van der Waals surface area (Å²) >= 11 is 0. The first-order valence-electron chi connectivity index (χ1n) is 14.6. The van der Waals surface area contributed by atoms with Crippen molar-refractivity contribution in [1.29, 1.82) is 0 Å². The van der Waals surface area contributed by atoms with Gasteiger partial charge in [0.2, 0.25) is 11.7 Å². The van der Waals surface area contributed by atoms with Crippen molar-refractivity contribution < 1.29 is 32.2 Å². The second-order valence-corrected chi connectivity index (χ2v) is 12.2. The lowest BCUT2D eigenvalue weighted by Crippen LogP contribution is -2.58. The number of ether oxygens (including phenoxy) is 2. The number of nitrogens with one attached hydrogen (secondary N) is 1. The Labute approximate surface area is 254 Å². The van der Waals surface area contributed by atoms with E-state index in [4.69, 9.17) is 9.47 Å². The number of allylic oxidation sites excluding steroid dienone is 1. The number of amides is 2. The molecule has 0 spiro atoms. The monoisotopic (exact) mass is 611 g/mol. The van der Waals surface area contributed by atoms with Crippen LogP contribution < -0.4 is 10.1 Å². The van der Waals surface area contributed by atoms with Crippen LogP contribution in [0.1, 0.15) is 58.4 Å². The van der Waals surface area contributed by atoms with Crippen molar-refractivity contribution in [3.63, 3.8) is 0 Å². The summed E-state index contributed by atoms with van der Waals surface area (Å²) in [6.45, 7) is 5.77. The normalized spacial score (nSPS) is 18.4. The molecule has 1 aromatic heterocycles. The number of aromatic nitrogens is 3. The van der Waals surface area contributed by atoms with Crippen molar-refractivity contribution in [2.75, 3.05) is 20.2 Å². The summed E-state index contributed by atoms with van der Waals surface area (Å²) < 4.78 is 54.5. The molecular weight excluding hydrogens is 575 g/mol. The molecule has 44 heavy (non-hydrogen) atoms. The molecule has 0 bridgehead atoms. The fourth-order valence-electron chi connectivity index (χ4n) is 5.64. The van der Waals surface area contributed by atoms with Gasteiger partial charge in [-0.25, -0.2) is 18.3 Å². The number of hydrogen-bond donors (Lipinski definition) is 1. The number of piperidine rings is 1. The maximum Gasteiger partial charge on any atom is 0.410 e. The van der Waals surface area contributed by atoms with Crippen molar-refractivity contribution in [1.82, 2.24) is 25.2 Å². The first-order chi connectivity index (χ1) is 20.9. The summed E-state index contributed by atoms with van der Waals surface area (Å²) in [4.78, 5) is 28.4. The summed E-state index contributed by atoms with van der Waals surface area (Å²) in [7, 11) is 1.24. The van der Waals surface area contributed by atoms with E-state index in [1.807, 2.05) is 6.08 Å². The van der Waals surface area contributed by atoms with Gasteiger partial charge < -0.3 is 19.7 Å². The van der Waals surface area contributed by atoms with Gasteiger partial charge in [0, 0.05) is 24.7 Å². The molecule has 2 aromatic carbocycles. The molecule has 2 amide bonds. The van der Waals surface area contributed by atoms with Crippen LogP contribution in [0.2, 0.25) is 0 Å². The second-order valence-electron chi connectivity index (χ2n) is 12.2. The lowest BCUT2D eigenvalue weighted by Gasteiger charge is -2.41. The van der Waals surface area contributed by atoms with Crippen LogP contribution in [0.5, 0.6) is 5.75 Å². The molecule has 9 nitrogen and oxygen atoms in total. The van der Waals surface area contributed by atoms with Crippen LogP contribution >= 0.6 is 0 Å². The summed E-state index contributed by atoms with van der Waals surface area (Å²) in [5.74, 6) is -3.13.